The Morgan fingerprint density at radius 3 is 3.00 bits per heavy atom. The lowest BCUT2D eigenvalue weighted by Crippen LogP contribution is -2.16. The van der Waals surface area contributed by atoms with Crippen molar-refractivity contribution in [1.29, 1.82) is 0 Å². The molecule has 0 aromatic rings. The van der Waals surface area contributed by atoms with Gasteiger partial charge in [0.15, 0.2) is 0 Å². The molecule has 0 amide bonds. The van der Waals surface area contributed by atoms with E-state index in [0.717, 1.165) is 19.3 Å². The molecule has 2 nitrogen and oxygen atoms in total. The van der Waals surface area contributed by atoms with Crippen LogP contribution in [0.15, 0.2) is 12.2 Å². The van der Waals surface area contributed by atoms with Crippen LogP contribution in [0.1, 0.15) is 25.7 Å². The highest BCUT2D eigenvalue weighted by Crippen LogP contribution is 2.13. The predicted molar refractivity (Wildman–Crippen MR) is 43.4 cm³/mol. The Balaban J connectivity index is 2.18. The zero-order chi connectivity index (χ0) is 7.94. The molecule has 1 rings (SSSR count). The van der Waals surface area contributed by atoms with E-state index in [1.165, 1.54) is 12.8 Å². The molecule has 1 heterocycles. The molecule has 62 valence electrons. The fraction of sp³-hybridized carbons (Fsp3) is 0.667. The Labute approximate surface area is 67.2 Å². The molecule has 2 heteroatoms. The number of rotatable bonds is 3. The van der Waals surface area contributed by atoms with Gasteiger partial charge in [0.2, 0.25) is 0 Å². The fourth-order valence-electron chi connectivity index (χ4n) is 1.20. The van der Waals surface area contributed by atoms with E-state index in [-0.39, 0.29) is 6.10 Å². The van der Waals surface area contributed by atoms with Gasteiger partial charge in [0.05, 0.1) is 6.10 Å². The molecule has 0 radical (unpaired) electrons. The third-order valence-electron chi connectivity index (χ3n) is 1.80. The Bertz CT molecular complexity index is 134. The topological polar surface area (TPSA) is 26.3 Å². The van der Waals surface area contributed by atoms with Gasteiger partial charge in [0, 0.05) is 13.0 Å². The lowest BCUT2D eigenvalue weighted by atomic mass is 10.1. The lowest BCUT2D eigenvalue weighted by Gasteiger charge is -2.18. The second-order valence-corrected chi connectivity index (χ2v) is 2.74. The van der Waals surface area contributed by atoms with Gasteiger partial charge < -0.3 is 9.53 Å². The van der Waals surface area contributed by atoms with Crippen LogP contribution < -0.4 is 0 Å². The highest BCUT2D eigenvalue weighted by molar-refractivity contribution is 5.51. The van der Waals surface area contributed by atoms with E-state index in [1.54, 1.807) is 0 Å². The van der Waals surface area contributed by atoms with Crippen molar-refractivity contribution in [2.75, 3.05) is 6.61 Å². The number of carbonyl (C=O) groups excluding carboxylic acids is 1. The molecular weight excluding hydrogens is 140 g/mol. The second-order valence-electron chi connectivity index (χ2n) is 2.74. The minimum Gasteiger partial charge on any atom is -0.374 e. The minimum atomic E-state index is 0.267. The molecule has 0 bridgehead atoms. The van der Waals surface area contributed by atoms with Crippen molar-refractivity contribution >= 4 is 6.29 Å². The average Bonchev–Trinajstić information content (AvgIpc) is 2.07. The van der Waals surface area contributed by atoms with Crippen LogP contribution in [0.5, 0.6) is 0 Å². The second kappa shape index (κ2) is 5.08. The molecule has 0 spiro atoms. The lowest BCUT2D eigenvalue weighted by molar-refractivity contribution is -0.107. The van der Waals surface area contributed by atoms with Crippen molar-refractivity contribution in [3.8, 4) is 0 Å². The number of hydrogen-bond acceptors (Lipinski definition) is 2. The Morgan fingerprint density at radius 1 is 1.45 bits per heavy atom. The smallest absolute Gasteiger partial charge is 0.123 e. The first kappa shape index (κ1) is 8.47. The molecule has 0 aromatic carbocycles. The van der Waals surface area contributed by atoms with E-state index in [1.807, 2.05) is 12.2 Å². The van der Waals surface area contributed by atoms with Gasteiger partial charge in [-0.15, -0.1) is 0 Å². The van der Waals surface area contributed by atoms with Crippen LogP contribution in [0, 0.1) is 0 Å². The molecule has 1 fully saturated rings. The molecule has 1 aliphatic heterocycles. The largest absolute Gasteiger partial charge is 0.374 e. The third kappa shape index (κ3) is 3.33. The predicted octanol–water partition coefficient (Wildman–Crippen LogP) is 1.70. The highest BCUT2D eigenvalue weighted by Gasteiger charge is 2.08. The monoisotopic (exact) mass is 154 g/mol. The van der Waals surface area contributed by atoms with E-state index in [4.69, 9.17) is 4.74 Å². The molecule has 0 aliphatic carbocycles. The van der Waals surface area contributed by atoms with Gasteiger partial charge >= 0.3 is 0 Å². The maximum absolute atomic E-state index is 9.95. The summed E-state index contributed by atoms with van der Waals surface area (Å²) in [7, 11) is 0. The van der Waals surface area contributed by atoms with Crippen LogP contribution in [-0.2, 0) is 9.53 Å². The quantitative estimate of drug-likeness (QED) is 0.457. The van der Waals surface area contributed by atoms with E-state index >= 15 is 0 Å². The number of ether oxygens (including phenoxy) is 1. The maximum Gasteiger partial charge on any atom is 0.123 e. The molecule has 1 atom stereocenters. The summed E-state index contributed by atoms with van der Waals surface area (Å²) in [6.07, 6.45) is 9.09. The van der Waals surface area contributed by atoms with Crippen molar-refractivity contribution in [2.45, 2.75) is 31.8 Å². The van der Waals surface area contributed by atoms with Crippen LogP contribution in [0.3, 0.4) is 0 Å². The number of carbonyl (C=O) groups is 1. The fourth-order valence-corrected chi connectivity index (χ4v) is 1.20. The molecule has 0 N–H and O–H groups in total. The molecule has 0 saturated carbocycles. The van der Waals surface area contributed by atoms with Gasteiger partial charge in [0.25, 0.3) is 0 Å². The molecular formula is C9H14O2. The Hall–Kier alpha value is -0.630. The van der Waals surface area contributed by atoms with Crippen molar-refractivity contribution in [2.24, 2.45) is 0 Å². The normalized spacial score (nSPS) is 25.6. The van der Waals surface area contributed by atoms with Gasteiger partial charge in [-0.05, 0) is 19.3 Å². The standard InChI is InChI=1S/C9H14O2/c10-7-3-1-5-9-6-2-4-8-11-9/h1,5,7,9H,2-4,6,8H2/b5-1-. The number of hydrogen-bond donors (Lipinski definition) is 0. The summed E-state index contributed by atoms with van der Waals surface area (Å²) in [6, 6.07) is 0. The van der Waals surface area contributed by atoms with Crippen LogP contribution in [-0.4, -0.2) is 19.0 Å². The highest BCUT2D eigenvalue weighted by atomic mass is 16.5. The average molecular weight is 154 g/mol. The summed E-state index contributed by atoms with van der Waals surface area (Å²) in [5.41, 5.74) is 0. The van der Waals surface area contributed by atoms with Crippen LogP contribution in [0.4, 0.5) is 0 Å². The zero-order valence-corrected chi connectivity index (χ0v) is 6.66. The molecule has 1 aliphatic rings. The van der Waals surface area contributed by atoms with Crippen molar-refractivity contribution in [3.63, 3.8) is 0 Å². The number of aldehydes is 1. The summed E-state index contributed by atoms with van der Waals surface area (Å²) in [5.74, 6) is 0. The van der Waals surface area contributed by atoms with Crippen molar-refractivity contribution in [3.05, 3.63) is 12.2 Å². The van der Waals surface area contributed by atoms with Gasteiger partial charge in [-0.25, -0.2) is 0 Å². The van der Waals surface area contributed by atoms with E-state index in [9.17, 15) is 4.79 Å². The van der Waals surface area contributed by atoms with Crippen molar-refractivity contribution < 1.29 is 9.53 Å². The molecule has 11 heavy (non-hydrogen) atoms. The van der Waals surface area contributed by atoms with E-state index < -0.39 is 0 Å². The molecule has 1 saturated heterocycles. The Morgan fingerprint density at radius 2 is 2.36 bits per heavy atom. The van der Waals surface area contributed by atoms with E-state index in [0.29, 0.717) is 6.42 Å². The summed E-state index contributed by atoms with van der Waals surface area (Å²) in [6.45, 7) is 0.871. The van der Waals surface area contributed by atoms with Gasteiger partial charge in [-0.1, -0.05) is 12.2 Å². The first-order chi connectivity index (χ1) is 5.43. The summed E-state index contributed by atoms with van der Waals surface area (Å²) >= 11 is 0. The summed E-state index contributed by atoms with van der Waals surface area (Å²) in [4.78, 5) is 9.95. The van der Waals surface area contributed by atoms with Gasteiger partial charge in [0.1, 0.15) is 6.29 Å². The van der Waals surface area contributed by atoms with E-state index in [2.05, 4.69) is 0 Å². The maximum atomic E-state index is 9.95. The first-order valence-corrected chi connectivity index (χ1v) is 4.15. The first-order valence-electron chi connectivity index (χ1n) is 4.15. The van der Waals surface area contributed by atoms with Gasteiger partial charge in [-0.3, -0.25) is 0 Å². The SMILES string of the molecule is O=CC/C=C\C1CCCCO1. The van der Waals surface area contributed by atoms with Crippen LogP contribution in [0.2, 0.25) is 0 Å². The minimum absolute atomic E-state index is 0.267. The number of allylic oxidation sites excluding steroid dienone is 1. The van der Waals surface area contributed by atoms with Gasteiger partial charge in [-0.2, -0.15) is 0 Å². The Kier molecular flexibility index (Phi) is 3.91. The third-order valence-corrected chi connectivity index (χ3v) is 1.80. The summed E-state index contributed by atoms with van der Waals surface area (Å²) in [5, 5.41) is 0. The molecule has 0 aromatic heterocycles. The van der Waals surface area contributed by atoms with Crippen molar-refractivity contribution in [1.82, 2.24) is 0 Å². The molecule has 1 unspecified atom stereocenters. The summed E-state index contributed by atoms with van der Waals surface area (Å²) < 4.78 is 5.42. The van der Waals surface area contributed by atoms with Crippen LogP contribution in [0.25, 0.3) is 0 Å². The van der Waals surface area contributed by atoms with Crippen LogP contribution >= 0.6 is 0 Å². The zero-order valence-electron chi connectivity index (χ0n) is 6.66.